The Morgan fingerprint density at radius 2 is 2.12 bits per heavy atom. The van der Waals surface area contributed by atoms with Crippen molar-refractivity contribution >= 4 is 5.91 Å². The predicted octanol–water partition coefficient (Wildman–Crippen LogP) is 2.05. The van der Waals surface area contributed by atoms with E-state index in [1.54, 1.807) is 12.4 Å². The van der Waals surface area contributed by atoms with Crippen LogP contribution in [0.4, 0.5) is 0 Å². The minimum atomic E-state index is 0.0400. The highest BCUT2D eigenvalue weighted by molar-refractivity contribution is 5.91. The number of hydrogen-bond acceptors (Lipinski definition) is 4. The lowest BCUT2D eigenvalue weighted by Gasteiger charge is -2.20. The van der Waals surface area contributed by atoms with Crippen molar-refractivity contribution in [2.75, 3.05) is 13.1 Å². The van der Waals surface area contributed by atoms with E-state index in [4.69, 9.17) is 4.74 Å². The van der Waals surface area contributed by atoms with Gasteiger partial charge in [0.1, 0.15) is 0 Å². The zero-order valence-electron chi connectivity index (χ0n) is 13.7. The molecule has 2 aromatic rings. The second-order valence-corrected chi connectivity index (χ2v) is 6.51. The molecule has 1 fully saturated rings. The molecule has 2 aliphatic rings. The molecule has 126 valence electrons. The zero-order valence-corrected chi connectivity index (χ0v) is 13.7. The number of ether oxygens (including phenoxy) is 1. The Labute approximate surface area is 141 Å². The second-order valence-electron chi connectivity index (χ2n) is 6.51. The molecule has 0 aliphatic carbocycles. The van der Waals surface area contributed by atoms with Crippen LogP contribution in [0.25, 0.3) is 0 Å². The van der Waals surface area contributed by atoms with Crippen LogP contribution in [0.15, 0.2) is 30.7 Å². The van der Waals surface area contributed by atoms with E-state index in [0.29, 0.717) is 19.0 Å². The van der Waals surface area contributed by atoms with Crippen molar-refractivity contribution in [2.45, 2.75) is 44.9 Å². The maximum atomic E-state index is 12.8. The summed E-state index contributed by atoms with van der Waals surface area (Å²) < 4.78 is 8.04. The fraction of sp³-hybridized carbons (Fsp3) is 0.500. The van der Waals surface area contributed by atoms with Gasteiger partial charge in [-0.1, -0.05) is 0 Å². The number of imidazole rings is 1. The van der Waals surface area contributed by atoms with Crippen molar-refractivity contribution in [1.29, 1.82) is 0 Å². The average molecular weight is 326 g/mol. The lowest BCUT2D eigenvalue weighted by Crippen LogP contribution is -2.33. The van der Waals surface area contributed by atoms with Gasteiger partial charge < -0.3 is 14.2 Å². The molecule has 1 amide bonds. The van der Waals surface area contributed by atoms with E-state index < -0.39 is 0 Å². The molecule has 6 nitrogen and oxygen atoms in total. The van der Waals surface area contributed by atoms with Gasteiger partial charge in [0.15, 0.2) is 5.82 Å². The van der Waals surface area contributed by atoms with Crippen LogP contribution in [0.3, 0.4) is 0 Å². The SMILES string of the molecule is O=C(c1ncc2n1CCCC2)N1CCC(OCc2ccncc2)C1. The fourth-order valence-corrected chi connectivity index (χ4v) is 3.49. The molecule has 0 spiro atoms. The van der Waals surface area contributed by atoms with Crippen LogP contribution < -0.4 is 0 Å². The average Bonchev–Trinajstić information content (AvgIpc) is 3.27. The first-order valence-corrected chi connectivity index (χ1v) is 8.65. The van der Waals surface area contributed by atoms with Gasteiger partial charge >= 0.3 is 0 Å². The summed E-state index contributed by atoms with van der Waals surface area (Å²) in [5, 5.41) is 0. The molecule has 0 bridgehead atoms. The van der Waals surface area contributed by atoms with Gasteiger partial charge in [-0.3, -0.25) is 9.78 Å². The highest BCUT2D eigenvalue weighted by atomic mass is 16.5. The number of aromatic nitrogens is 3. The molecule has 0 aromatic carbocycles. The third-order valence-electron chi connectivity index (χ3n) is 4.86. The van der Waals surface area contributed by atoms with E-state index in [1.165, 1.54) is 12.1 Å². The smallest absolute Gasteiger partial charge is 0.289 e. The first-order valence-electron chi connectivity index (χ1n) is 8.65. The maximum absolute atomic E-state index is 12.8. The van der Waals surface area contributed by atoms with Crippen LogP contribution in [0, 0.1) is 0 Å². The quantitative estimate of drug-likeness (QED) is 0.863. The summed E-state index contributed by atoms with van der Waals surface area (Å²) in [6.07, 6.45) is 9.71. The first kappa shape index (κ1) is 15.3. The van der Waals surface area contributed by atoms with Gasteiger partial charge in [0.25, 0.3) is 5.91 Å². The zero-order chi connectivity index (χ0) is 16.4. The van der Waals surface area contributed by atoms with Crippen molar-refractivity contribution in [1.82, 2.24) is 19.4 Å². The molecule has 1 atom stereocenters. The van der Waals surface area contributed by atoms with Crippen LogP contribution >= 0.6 is 0 Å². The van der Waals surface area contributed by atoms with Gasteiger partial charge in [-0.05, 0) is 43.4 Å². The molecular weight excluding hydrogens is 304 g/mol. The number of aryl methyl sites for hydroxylation is 1. The third-order valence-corrected chi connectivity index (χ3v) is 4.86. The predicted molar refractivity (Wildman–Crippen MR) is 88.5 cm³/mol. The van der Waals surface area contributed by atoms with Crippen molar-refractivity contribution in [3.63, 3.8) is 0 Å². The van der Waals surface area contributed by atoms with Gasteiger partial charge in [-0.2, -0.15) is 0 Å². The van der Waals surface area contributed by atoms with Crippen LogP contribution in [0.2, 0.25) is 0 Å². The summed E-state index contributed by atoms with van der Waals surface area (Å²) in [4.78, 5) is 23.0. The van der Waals surface area contributed by atoms with E-state index in [1.807, 2.05) is 23.2 Å². The molecule has 2 aliphatic heterocycles. The number of carbonyl (C=O) groups excluding carboxylic acids is 1. The number of pyridine rings is 1. The standard InChI is InChI=1S/C18H22N4O2/c23-18(17-20-11-15-3-1-2-9-22(15)17)21-10-6-16(12-21)24-13-14-4-7-19-8-5-14/h4-5,7-8,11,16H,1-3,6,9-10,12-13H2. The molecular formula is C18H22N4O2. The number of hydrogen-bond donors (Lipinski definition) is 0. The highest BCUT2D eigenvalue weighted by Gasteiger charge is 2.30. The Morgan fingerprint density at radius 1 is 1.25 bits per heavy atom. The Hall–Kier alpha value is -2.21. The number of rotatable bonds is 4. The summed E-state index contributed by atoms with van der Waals surface area (Å²) in [5.41, 5.74) is 2.30. The fourth-order valence-electron chi connectivity index (χ4n) is 3.49. The van der Waals surface area contributed by atoms with Crippen LogP contribution in [0.1, 0.15) is 41.1 Å². The Morgan fingerprint density at radius 3 is 3.00 bits per heavy atom. The van der Waals surface area contributed by atoms with Crippen molar-refractivity contribution < 1.29 is 9.53 Å². The second kappa shape index (κ2) is 6.73. The molecule has 1 saturated heterocycles. The minimum Gasteiger partial charge on any atom is -0.372 e. The van der Waals surface area contributed by atoms with Crippen molar-refractivity contribution in [3.8, 4) is 0 Å². The monoisotopic (exact) mass is 326 g/mol. The van der Waals surface area contributed by atoms with E-state index >= 15 is 0 Å². The number of nitrogens with zero attached hydrogens (tertiary/aromatic N) is 4. The van der Waals surface area contributed by atoms with E-state index in [2.05, 4.69) is 14.5 Å². The highest BCUT2D eigenvalue weighted by Crippen LogP contribution is 2.21. The number of amides is 1. The number of fused-ring (bicyclic) bond motifs is 1. The lowest BCUT2D eigenvalue weighted by molar-refractivity contribution is 0.0433. The van der Waals surface area contributed by atoms with E-state index in [-0.39, 0.29) is 12.0 Å². The maximum Gasteiger partial charge on any atom is 0.289 e. The normalized spacial score (nSPS) is 20.2. The van der Waals surface area contributed by atoms with Crippen molar-refractivity contribution in [3.05, 3.63) is 47.8 Å². The summed E-state index contributed by atoms with van der Waals surface area (Å²) in [7, 11) is 0. The van der Waals surface area contributed by atoms with E-state index in [9.17, 15) is 4.79 Å². The molecule has 1 unspecified atom stereocenters. The molecule has 4 heterocycles. The molecule has 0 saturated carbocycles. The van der Waals surface area contributed by atoms with Crippen LogP contribution in [-0.4, -0.2) is 44.5 Å². The molecule has 2 aromatic heterocycles. The van der Waals surface area contributed by atoms with Gasteiger partial charge in [-0.25, -0.2) is 4.98 Å². The molecule has 0 N–H and O–H groups in total. The molecule has 6 heteroatoms. The first-order chi connectivity index (χ1) is 11.8. The third kappa shape index (κ3) is 3.06. The Bertz CT molecular complexity index is 713. The summed E-state index contributed by atoms with van der Waals surface area (Å²) >= 11 is 0. The number of carbonyl (C=O) groups is 1. The summed E-state index contributed by atoms with van der Waals surface area (Å²) in [6.45, 7) is 2.86. The van der Waals surface area contributed by atoms with Gasteiger partial charge in [0, 0.05) is 43.9 Å². The molecule has 0 radical (unpaired) electrons. The molecule has 4 rings (SSSR count). The van der Waals surface area contributed by atoms with E-state index in [0.717, 1.165) is 37.9 Å². The molecule has 24 heavy (non-hydrogen) atoms. The summed E-state index contributed by atoms with van der Waals surface area (Å²) in [5.74, 6) is 0.637. The number of likely N-dealkylation sites (tertiary alicyclic amines) is 1. The largest absolute Gasteiger partial charge is 0.372 e. The van der Waals surface area contributed by atoms with Crippen molar-refractivity contribution in [2.24, 2.45) is 0 Å². The Balaban J connectivity index is 1.36. The Kier molecular flexibility index (Phi) is 4.30. The van der Waals surface area contributed by atoms with Gasteiger partial charge in [0.2, 0.25) is 0 Å². The minimum absolute atomic E-state index is 0.0400. The van der Waals surface area contributed by atoms with Crippen LogP contribution in [0.5, 0.6) is 0 Å². The lowest BCUT2D eigenvalue weighted by atomic mass is 10.1. The van der Waals surface area contributed by atoms with Gasteiger partial charge in [-0.15, -0.1) is 0 Å². The van der Waals surface area contributed by atoms with Crippen LogP contribution in [-0.2, 0) is 24.3 Å². The topological polar surface area (TPSA) is 60.2 Å². The van der Waals surface area contributed by atoms with Gasteiger partial charge in [0.05, 0.1) is 12.7 Å². The summed E-state index contributed by atoms with van der Waals surface area (Å²) in [6, 6.07) is 3.91.